The second-order valence-electron chi connectivity index (χ2n) is 1.88. The second-order valence-corrected chi connectivity index (χ2v) is 2.89. The zero-order chi connectivity index (χ0) is 6.31. The summed E-state index contributed by atoms with van der Waals surface area (Å²) in [6, 6.07) is 0. The van der Waals surface area contributed by atoms with Gasteiger partial charge in [-0.2, -0.15) is 0 Å². The van der Waals surface area contributed by atoms with Crippen molar-refractivity contribution < 1.29 is 10.0 Å². The second kappa shape index (κ2) is 2.07. The van der Waals surface area contributed by atoms with Crippen molar-refractivity contribution in [3.8, 4) is 0 Å². The molecule has 0 aromatic carbocycles. The van der Waals surface area contributed by atoms with Crippen LogP contribution in [0.1, 0.15) is 0 Å². The van der Waals surface area contributed by atoms with Crippen molar-refractivity contribution in [1.29, 1.82) is 0 Å². The van der Waals surface area contributed by atoms with Crippen LogP contribution in [0.5, 0.6) is 0 Å². The largest absolute Gasteiger partial charge is 0.457 e. The summed E-state index contributed by atoms with van der Waals surface area (Å²) in [6.45, 7) is 0. The fraction of sp³-hybridized carbons (Fsp3) is 1.00. The quantitative estimate of drug-likeness (QED) is 0.415. The molecule has 8 heavy (non-hydrogen) atoms. The number of rotatable bonds is 1. The van der Waals surface area contributed by atoms with Crippen molar-refractivity contribution in [2.45, 2.75) is 16.6 Å². The third-order valence-corrected chi connectivity index (χ3v) is 2.50. The normalized spacial score (nSPS) is 44.2. The van der Waals surface area contributed by atoms with Crippen LogP contribution in [-0.2, 0) is 0 Å². The third kappa shape index (κ3) is 0.958. The van der Waals surface area contributed by atoms with E-state index in [2.05, 4.69) is 0 Å². The van der Waals surface area contributed by atoms with Gasteiger partial charge in [0, 0.05) is 5.82 Å². The van der Waals surface area contributed by atoms with Crippen molar-refractivity contribution in [2.24, 2.45) is 0 Å². The summed E-state index contributed by atoms with van der Waals surface area (Å²) in [5, 5.41) is 16.3. The van der Waals surface area contributed by atoms with E-state index < -0.39 is 7.12 Å². The highest BCUT2D eigenvalue weighted by molar-refractivity contribution is 6.54. The number of hydrogen-bond donors (Lipinski definition) is 2. The predicted molar refractivity (Wildman–Crippen MR) is 33.2 cm³/mol. The average molecular weight is 155 g/mol. The maximum atomic E-state index is 8.42. The Kier molecular flexibility index (Phi) is 1.72. The first kappa shape index (κ1) is 6.68. The molecular weight excluding hydrogens is 150 g/mol. The minimum absolute atomic E-state index is 0.253. The van der Waals surface area contributed by atoms with Crippen LogP contribution in [0.4, 0.5) is 0 Å². The Morgan fingerprint density at radius 1 is 1.12 bits per heavy atom. The predicted octanol–water partition coefficient (Wildman–Crippen LogP) is 0.0578. The molecule has 2 nitrogen and oxygen atoms in total. The van der Waals surface area contributed by atoms with Gasteiger partial charge >= 0.3 is 7.12 Å². The fourth-order valence-electron chi connectivity index (χ4n) is 0.589. The molecule has 2 atom stereocenters. The van der Waals surface area contributed by atoms with Crippen molar-refractivity contribution in [2.75, 3.05) is 0 Å². The van der Waals surface area contributed by atoms with Crippen LogP contribution in [0.2, 0.25) is 5.82 Å². The Morgan fingerprint density at radius 2 is 1.50 bits per heavy atom. The highest BCUT2D eigenvalue weighted by atomic mass is 35.5. The smallest absolute Gasteiger partial charge is 0.427 e. The maximum absolute atomic E-state index is 8.42. The van der Waals surface area contributed by atoms with Crippen molar-refractivity contribution >= 4 is 30.3 Å². The number of hydrogen-bond acceptors (Lipinski definition) is 2. The molecule has 1 fully saturated rings. The molecule has 0 bridgehead atoms. The molecule has 0 aromatic rings. The molecule has 1 saturated carbocycles. The van der Waals surface area contributed by atoms with Gasteiger partial charge in [-0.05, 0) is 0 Å². The molecule has 46 valence electrons. The van der Waals surface area contributed by atoms with Gasteiger partial charge in [0.2, 0.25) is 0 Å². The van der Waals surface area contributed by atoms with Gasteiger partial charge < -0.3 is 10.0 Å². The van der Waals surface area contributed by atoms with E-state index in [9.17, 15) is 0 Å². The lowest BCUT2D eigenvalue weighted by Gasteiger charge is -1.87. The van der Waals surface area contributed by atoms with Crippen molar-refractivity contribution in [3.05, 3.63) is 0 Å². The summed E-state index contributed by atoms with van der Waals surface area (Å²) >= 11 is 10.9. The summed E-state index contributed by atoms with van der Waals surface area (Å²) < 4.78 is 0. The first-order chi connectivity index (χ1) is 3.64. The summed E-state index contributed by atoms with van der Waals surface area (Å²) in [4.78, 5) is 0. The number of alkyl halides is 2. The Hall–Kier alpha value is 0.565. The van der Waals surface area contributed by atoms with Gasteiger partial charge in [0.05, 0.1) is 10.8 Å². The van der Waals surface area contributed by atoms with E-state index in [4.69, 9.17) is 33.2 Å². The first-order valence-corrected chi connectivity index (χ1v) is 3.16. The minimum atomic E-state index is -1.35. The van der Waals surface area contributed by atoms with Crippen LogP contribution >= 0.6 is 23.2 Å². The van der Waals surface area contributed by atoms with Gasteiger partial charge in [-0.1, -0.05) is 0 Å². The highest BCUT2D eigenvalue weighted by Gasteiger charge is 2.54. The average Bonchev–Trinajstić information content (AvgIpc) is 2.15. The lowest BCUT2D eigenvalue weighted by Crippen LogP contribution is -2.12. The van der Waals surface area contributed by atoms with Crippen molar-refractivity contribution in [3.63, 3.8) is 0 Å². The molecule has 0 spiro atoms. The van der Waals surface area contributed by atoms with Gasteiger partial charge in [0.15, 0.2) is 0 Å². The van der Waals surface area contributed by atoms with Crippen LogP contribution in [-0.4, -0.2) is 27.9 Å². The van der Waals surface area contributed by atoms with E-state index >= 15 is 0 Å². The summed E-state index contributed by atoms with van der Waals surface area (Å²) in [6.07, 6.45) is 0. The first-order valence-electron chi connectivity index (χ1n) is 2.29. The van der Waals surface area contributed by atoms with Gasteiger partial charge in [0.25, 0.3) is 0 Å². The van der Waals surface area contributed by atoms with E-state index in [-0.39, 0.29) is 16.6 Å². The molecule has 2 N–H and O–H groups in total. The molecule has 0 saturated heterocycles. The minimum Gasteiger partial charge on any atom is -0.427 e. The summed E-state index contributed by atoms with van der Waals surface area (Å²) in [5.41, 5.74) is 0. The fourth-order valence-corrected chi connectivity index (χ4v) is 1.40. The molecule has 0 amide bonds. The summed E-state index contributed by atoms with van der Waals surface area (Å²) in [7, 11) is -1.35. The molecule has 1 aliphatic rings. The zero-order valence-corrected chi connectivity index (χ0v) is 5.47. The maximum Gasteiger partial charge on any atom is 0.457 e. The molecular formula is C3H5BCl2O2. The molecule has 2 unspecified atom stereocenters. The number of halogens is 2. The molecule has 5 heteroatoms. The molecule has 0 heterocycles. The van der Waals surface area contributed by atoms with Crippen LogP contribution < -0.4 is 0 Å². The molecule has 1 rings (SSSR count). The van der Waals surface area contributed by atoms with Crippen LogP contribution in [0, 0.1) is 0 Å². The monoisotopic (exact) mass is 154 g/mol. The highest BCUT2D eigenvalue weighted by Crippen LogP contribution is 2.48. The molecule has 0 radical (unpaired) electrons. The Bertz CT molecular complexity index is 84.5. The van der Waals surface area contributed by atoms with Crippen molar-refractivity contribution in [1.82, 2.24) is 0 Å². The Labute approximate surface area is 57.6 Å². The van der Waals surface area contributed by atoms with Crippen LogP contribution in [0.15, 0.2) is 0 Å². The van der Waals surface area contributed by atoms with Crippen LogP contribution in [0.25, 0.3) is 0 Å². The van der Waals surface area contributed by atoms with E-state index in [1.807, 2.05) is 0 Å². The Balaban J connectivity index is 2.33. The Morgan fingerprint density at radius 3 is 1.50 bits per heavy atom. The lowest BCUT2D eigenvalue weighted by atomic mass is 9.84. The van der Waals surface area contributed by atoms with Crippen LogP contribution in [0.3, 0.4) is 0 Å². The van der Waals surface area contributed by atoms with Gasteiger partial charge in [-0.25, -0.2) is 0 Å². The third-order valence-electron chi connectivity index (χ3n) is 1.24. The molecule has 0 aromatic heterocycles. The van der Waals surface area contributed by atoms with Gasteiger partial charge in [0.1, 0.15) is 0 Å². The van der Waals surface area contributed by atoms with E-state index in [1.165, 1.54) is 0 Å². The van der Waals surface area contributed by atoms with E-state index in [0.29, 0.717) is 0 Å². The van der Waals surface area contributed by atoms with E-state index in [1.54, 1.807) is 0 Å². The standard InChI is InChI=1S/C3H5BCl2O2/c5-2-1(3(2)6)4(7)8/h1-3,7-8H. The van der Waals surface area contributed by atoms with Gasteiger partial charge in [-0.3, -0.25) is 0 Å². The molecule has 0 aliphatic heterocycles. The molecule has 1 aliphatic carbocycles. The SMILES string of the molecule is OB(O)C1C(Cl)C1Cl. The topological polar surface area (TPSA) is 40.5 Å². The van der Waals surface area contributed by atoms with Gasteiger partial charge in [-0.15, -0.1) is 23.2 Å². The lowest BCUT2D eigenvalue weighted by molar-refractivity contribution is 0.404. The summed E-state index contributed by atoms with van der Waals surface area (Å²) in [5.74, 6) is -0.321. The zero-order valence-electron chi connectivity index (χ0n) is 3.96. The van der Waals surface area contributed by atoms with E-state index in [0.717, 1.165) is 0 Å².